The van der Waals surface area contributed by atoms with E-state index >= 15 is 0 Å². The lowest BCUT2D eigenvalue weighted by atomic mass is 9.93. The Labute approximate surface area is 237 Å². The number of aryl methyl sites for hydroxylation is 1. The van der Waals surface area contributed by atoms with Crippen LogP contribution in [0.3, 0.4) is 0 Å². The van der Waals surface area contributed by atoms with E-state index in [0.717, 1.165) is 44.4 Å². The summed E-state index contributed by atoms with van der Waals surface area (Å²) in [4.78, 5) is 26.1. The van der Waals surface area contributed by atoms with E-state index in [9.17, 15) is 18.0 Å². The Hall–Kier alpha value is -4.01. The number of carbonyl (C=O) groups is 1. The van der Waals surface area contributed by atoms with E-state index in [1.165, 1.54) is 6.20 Å². The first-order chi connectivity index (χ1) is 19.7. The number of hydrogen-bond acceptors (Lipinski definition) is 6. The fraction of sp³-hybridized carbons (Fsp3) is 0.400. The summed E-state index contributed by atoms with van der Waals surface area (Å²) in [6.45, 7) is 5.35. The Morgan fingerprint density at radius 3 is 2.71 bits per heavy atom. The number of nitrogens with zero attached hydrogens (tertiary/aromatic N) is 6. The van der Waals surface area contributed by atoms with E-state index in [4.69, 9.17) is 0 Å². The first-order valence-corrected chi connectivity index (χ1v) is 13.7. The lowest BCUT2D eigenvalue weighted by Gasteiger charge is -2.34. The molecule has 1 aliphatic heterocycles. The summed E-state index contributed by atoms with van der Waals surface area (Å²) in [5.74, 6) is 5.65. The van der Waals surface area contributed by atoms with Crippen molar-refractivity contribution in [1.29, 1.82) is 0 Å². The number of likely N-dealkylation sites (N-methyl/N-ethyl adjacent to an activating group) is 1. The van der Waals surface area contributed by atoms with Gasteiger partial charge in [0.05, 0.1) is 29.1 Å². The molecule has 0 bridgehead atoms. The van der Waals surface area contributed by atoms with Gasteiger partial charge in [-0.15, -0.1) is 0 Å². The van der Waals surface area contributed by atoms with Crippen molar-refractivity contribution in [2.75, 3.05) is 39.8 Å². The summed E-state index contributed by atoms with van der Waals surface area (Å²) in [6.07, 6.45) is 4.73. The predicted molar refractivity (Wildman–Crippen MR) is 149 cm³/mol. The Kier molecular flexibility index (Phi) is 8.52. The number of piperazine rings is 1. The average Bonchev–Trinajstić information content (AvgIpc) is 3.37. The maximum atomic E-state index is 14.0. The van der Waals surface area contributed by atoms with Crippen molar-refractivity contribution < 1.29 is 18.0 Å². The third-order valence-electron chi connectivity index (χ3n) is 7.27. The normalized spacial score (nSPS) is 18.4. The van der Waals surface area contributed by atoms with Crippen molar-refractivity contribution in [2.24, 2.45) is 0 Å². The molecule has 0 spiro atoms. The van der Waals surface area contributed by atoms with Gasteiger partial charge in [0.1, 0.15) is 5.69 Å². The van der Waals surface area contributed by atoms with Gasteiger partial charge in [0.15, 0.2) is 5.65 Å². The lowest BCUT2D eigenvalue weighted by molar-refractivity contribution is -0.0905. The van der Waals surface area contributed by atoms with E-state index in [-0.39, 0.29) is 24.1 Å². The average molecular weight is 564 g/mol. The lowest BCUT2D eigenvalue weighted by Crippen LogP contribution is -2.45. The van der Waals surface area contributed by atoms with Gasteiger partial charge in [-0.3, -0.25) is 14.7 Å². The molecule has 0 aromatic carbocycles. The van der Waals surface area contributed by atoms with Gasteiger partial charge in [0.2, 0.25) is 0 Å². The van der Waals surface area contributed by atoms with Crippen molar-refractivity contribution >= 4 is 11.6 Å². The van der Waals surface area contributed by atoms with Crippen LogP contribution in [0.2, 0.25) is 0 Å². The number of nitrogens with one attached hydrogen (secondary N) is 1. The van der Waals surface area contributed by atoms with Crippen LogP contribution in [0.4, 0.5) is 13.2 Å². The van der Waals surface area contributed by atoms with Crippen LogP contribution in [0.5, 0.6) is 0 Å². The first-order valence-electron chi connectivity index (χ1n) is 13.7. The van der Waals surface area contributed by atoms with Crippen LogP contribution in [0.1, 0.15) is 47.1 Å². The number of amides is 1. The SMILES string of the molecule is CCCc1ncc(C(=O)NC2C=C(C(F)(F)F)C(CN3CCN(C)CC3)=CC2)cc1C#Cc1cnc2cccnn12. The summed E-state index contributed by atoms with van der Waals surface area (Å²) in [5, 5.41) is 7.01. The van der Waals surface area contributed by atoms with Gasteiger partial charge < -0.3 is 10.2 Å². The van der Waals surface area contributed by atoms with Crippen molar-refractivity contribution in [1.82, 2.24) is 34.7 Å². The second-order valence-electron chi connectivity index (χ2n) is 10.4. The van der Waals surface area contributed by atoms with Gasteiger partial charge in [-0.2, -0.15) is 18.3 Å². The predicted octanol–water partition coefficient (Wildman–Crippen LogP) is 3.64. The molecule has 1 amide bonds. The van der Waals surface area contributed by atoms with Gasteiger partial charge in [-0.1, -0.05) is 25.3 Å². The molecule has 4 heterocycles. The van der Waals surface area contributed by atoms with Gasteiger partial charge in [-0.05, 0) is 55.7 Å². The molecule has 41 heavy (non-hydrogen) atoms. The van der Waals surface area contributed by atoms with Gasteiger partial charge in [0.25, 0.3) is 5.91 Å². The van der Waals surface area contributed by atoms with Crippen LogP contribution >= 0.6 is 0 Å². The summed E-state index contributed by atoms with van der Waals surface area (Å²) < 4.78 is 43.7. The number of halogens is 3. The number of alkyl halides is 3. The molecule has 3 aromatic heterocycles. The van der Waals surface area contributed by atoms with E-state index in [1.807, 2.05) is 24.9 Å². The number of aromatic nitrogens is 4. The van der Waals surface area contributed by atoms with E-state index in [0.29, 0.717) is 23.3 Å². The minimum Gasteiger partial charge on any atom is -0.345 e. The zero-order valence-electron chi connectivity index (χ0n) is 23.1. The van der Waals surface area contributed by atoms with Crippen LogP contribution in [-0.2, 0) is 6.42 Å². The van der Waals surface area contributed by atoms with Crippen molar-refractivity contribution in [2.45, 2.75) is 38.4 Å². The summed E-state index contributed by atoms with van der Waals surface area (Å²) in [5.41, 5.74) is 2.39. The number of carbonyl (C=O) groups excluding carboxylic acids is 1. The summed E-state index contributed by atoms with van der Waals surface area (Å²) >= 11 is 0. The van der Waals surface area contributed by atoms with Crippen LogP contribution in [0, 0.1) is 11.8 Å². The van der Waals surface area contributed by atoms with Crippen molar-refractivity contribution in [3.63, 3.8) is 0 Å². The molecule has 214 valence electrons. The molecule has 0 radical (unpaired) electrons. The molecule has 1 saturated heterocycles. The molecular formula is C30H32F3N7O. The first kappa shape index (κ1) is 28.5. The topological polar surface area (TPSA) is 78.7 Å². The monoisotopic (exact) mass is 563 g/mol. The third-order valence-corrected chi connectivity index (χ3v) is 7.27. The number of fused-ring (bicyclic) bond motifs is 1. The number of rotatable bonds is 6. The van der Waals surface area contributed by atoms with Crippen molar-refractivity contribution in [3.8, 4) is 11.8 Å². The molecule has 1 unspecified atom stereocenters. The maximum absolute atomic E-state index is 14.0. The molecule has 1 fully saturated rings. The van der Waals surface area contributed by atoms with E-state index in [1.54, 1.807) is 35.1 Å². The number of pyridine rings is 1. The smallest absolute Gasteiger partial charge is 0.345 e. The van der Waals surface area contributed by atoms with Crippen molar-refractivity contribution in [3.05, 3.63) is 82.6 Å². The largest absolute Gasteiger partial charge is 0.416 e. The third kappa shape index (κ3) is 6.84. The minimum atomic E-state index is -4.51. The van der Waals surface area contributed by atoms with E-state index < -0.39 is 23.7 Å². The highest BCUT2D eigenvalue weighted by Gasteiger charge is 2.38. The molecule has 8 nitrogen and oxygen atoms in total. The zero-order valence-corrected chi connectivity index (χ0v) is 23.1. The zero-order chi connectivity index (χ0) is 29.0. The summed E-state index contributed by atoms with van der Waals surface area (Å²) in [7, 11) is 2.01. The number of hydrogen-bond donors (Lipinski definition) is 1. The molecule has 1 atom stereocenters. The molecule has 2 aliphatic rings. The van der Waals surface area contributed by atoms with Crippen LogP contribution in [0.25, 0.3) is 5.65 Å². The highest BCUT2D eigenvalue weighted by Crippen LogP contribution is 2.35. The van der Waals surface area contributed by atoms with Crippen LogP contribution < -0.4 is 5.32 Å². The molecule has 0 saturated carbocycles. The fourth-order valence-corrected chi connectivity index (χ4v) is 4.99. The Morgan fingerprint density at radius 1 is 1.15 bits per heavy atom. The van der Waals surface area contributed by atoms with Gasteiger partial charge in [0, 0.05) is 50.7 Å². The Bertz CT molecular complexity index is 1540. The summed E-state index contributed by atoms with van der Waals surface area (Å²) in [6, 6.07) is 4.46. The van der Waals surface area contributed by atoms with Crippen LogP contribution in [0.15, 0.2) is 60.1 Å². The maximum Gasteiger partial charge on any atom is 0.416 e. The molecular weight excluding hydrogens is 531 g/mol. The molecule has 5 rings (SSSR count). The highest BCUT2D eigenvalue weighted by atomic mass is 19.4. The molecule has 1 aliphatic carbocycles. The fourth-order valence-electron chi connectivity index (χ4n) is 4.99. The van der Waals surface area contributed by atoms with Crippen LogP contribution in [-0.4, -0.2) is 87.3 Å². The Balaban J connectivity index is 1.33. The quantitative estimate of drug-likeness (QED) is 0.462. The second-order valence-corrected chi connectivity index (χ2v) is 10.4. The standard InChI is InChI=1S/C30H32F3N7O/c1-3-5-27-21(8-10-25-19-35-28-6-4-11-36-40(25)28)16-23(18-34-27)29(41)37-24-9-7-22(26(17-24)30(31,32)33)20-39-14-12-38(2)13-15-39/h4,6-7,11,16-19,24H,3,5,9,12-15,20H2,1-2H3,(H,37,41). The minimum absolute atomic E-state index is 0.236. The van der Waals surface area contributed by atoms with Gasteiger partial charge in [-0.25, -0.2) is 9.50 Å². The molecule has 11 heteroatoms. The Morgan fingerprint density at radius 2 is 1.95 bits per heavy atom. The van der Waals surface area contributed by atoms with E-state index in [2.05, 4.69) is 37.1 Å². The van der Waals surface area contributed by atoms with Gasteiger partial charge >= 0.3 is 6.18 Å². The molecule has 3 aromatic rings. The number of imidazole rings is 1. The molecule has 1 N–H and O–H groups in total. The second kappa shape index (κ2) is 12.2. The highest BCUT2D eigenvalue weighted by molar-refractivity contribution is 5.94.